The molecule has 2 aliphatic heterocycles. The number of allylic oxidation sites excluding steroid dienone is 4. The maximum atomic E-state index is 13.1. The number of guanidine groups is 1. The van der Waals surface area contributed by atoms with Crippen LogP contribution in [0.25, 0.3) is 0 Å². The van der Waals surface area contributed by atoms with Crippen molar-refractivity contribution in [3.8, 4) is 0 Å². The lowest BCUT2D eigenvalue weighted by Gasteiger charge is -2.38. The molecule has 4 rings (SSSR count). The number of rotatable bonds is 8. The van der Waals surface area contributed by atoms with Crippen LogP contribution in [0, 0.1) is 23.7 Å². The predicted octanol–water partition coefficient (Wildman–Crippen LogP) is 4.82. The van der Waals surface area contributed by atoms with Crippen LogP contribution in [0.1, 0.15) is 58.4 Å². The first-order chi connectivity index (χ1) is 16.3. The number of benzene rings is 1. The molecule has 34 heavy (non-hydrogen) atoms. The van der Waals surface area contributed by atoms with Gasteiger partial charge in [0.05, 0.1) is 0 Å². The van der Waals surface area contributed by atoms with Crippen LogP contribution >= 0.6 is 0 Å². The SMILES string of the molecule is CC(C)C[C@@]1(C)N=C(N)N(CC2CCN(CC(c3ccccc3)C3C=CC=CC3C)CC2)C1=O. The van der Waals surface area contributed by atoms with Gasteiger partial charge in [0.25, 0.3) is 5.91 Å². The van der Waals surface area contributed by atoms with Crippen molar-refractivity contribution >= 4 is 11.9 Å². The molecule has 1 aromatic rings. The van der Waals surface area contributed by atoms with Crippen LogP contribution in [0.15, 0.2) is 59.6 Å². The van der Waals surface area contributed by atoms with Crippen LogP contribution in [0.3, 0.4) is 0 Å². The standard InChI is InChI=1S/C29H42N4O/c1-21(2)18-29(4)27(34)33(28(30)31-29)19-23-14-16-32(17-15-23)20-26(24-11-6-5-7-12-24)25-13-9-8-10-22(25)3/h5-13,21-23,25-26H,14-20H2,1-4H3,(H2,30,31)/t22?,25?,26?,29-/m1/s1. The Morgan fingerprint density at radius 1 is 1.12 bits per heavy atom. The van der Waals surface area contributed by atoms with Gasteiger partial charge in [0.15, 0.2) is 5.96 Å². The maximum absolute atomic E-state index is 13.1. The van der Waals surface area contributed by atoms with E-state index in [2.05, 4.69) is 85.3 Å². The number of carbonyl (C=O) groups excluding carboxylic acids is 1. The van der Waals surface area contributed by atoms with Crippen molar-refractivity contribution in [1.29, 1.82) is 0 Å². The molecule has 3 unspecified atom stereocenters. The molecule has 1 saturated heterocycles. The van der Waals surface area contributed by atoms with E-state index in [9.17, 15) is 4.79 Å². The van der Waals surface area contributed by atoms with Crippen LogP contribution < -0.4 is 5.73 Å². The van der Waals surface area contributed by atoms with E-state index < -0.39 is 5.54 Å². The number of hydrogen-bond donors (Lipinski definition) is 1. The van der Waals surface area contributed by atoms with E-state index in [1.165, 1.54) is 5.56 Å². The number of piperidine rings is 1. The Morgan fingerprint density at radius 3 is 2.44 bits per heavy atom. The molecular formula is C29H42N4O. The third kappa shape index (κ3) is 5.46. The summed E-state index contributed by atoms with van der Waals surface area (Å²) in [7, 11) is 0. The fourth-order valence-electron chi connectivity index (χ4n) is 6.13. The third-order valence-corrected chi connectivity index (χ3v) is 7.91. The molecule has 2 heterocycles. The van der Waals surface area contributed by atoms with Gasteiger partial charge in [0, 0.05) is 19.0 Å². The highest BCUT2D eigenvalue weighted by Crippen LogP contribution is 2.36. The van der Waals surface area contributed by atoms with E-state index in [0.717, 1.165) is 38.9 Å². The highest BCUT2D eigenvalue weighted by Gasteiger charge is 2.44. The van der Waals surface area contributed by atoms with Gasteiger partial charge in [-0.05, 0) is 68.5 Å². The van der Waals surface area contributed by atoms with Gasteiger partial charge in [-0.3, -0.25) is 9.69 Å². The van der Waals surface area contributed by atoms with Crippen LogP contribution in [0.2, 0.25) is 0 Å². The summed E-state index contributed by atoms with van der Waals surface area (Å²) in [5, 5.41) is 0. The molecule has 5 nitrogen and oxygen atoms in total. The van der Waals surface area contributed by atoms with Crippen molar-refractivity contribution in [2.75, 3.05) is 26.2 Å². The molecule has 1 aromatic carbocycles. The predicted molar refractivity (Wildman–Crippen MR) is 140 cm³/mol. The molecule has 0 saturated carbocycles. The highest BCUT2D eigenvalue weighted by atomic mass is 16.2. The quantitative estimate of drug-likeness (QED) is 0.602. The zero-order valence-electron chi connectivity index (χ0n) is 21.4. The summed E-state index contributed by atoms with van der Waals surface area (Å²) in [6.07, 6.45) is 12.0. The van der Waals surface area contributed by atoms with Gasteiger partial charge in [0.2, 0.25) is 0 Å². The van der Waals surface area contributed by atoms with Crippen molar-refractivity contribution in [3.05, 3.63) is 60.2 Å². The summed E-state index contributed by atoms with van der Waals surface area (Å²) >= 11 is 0. The number of aliphatic imine (C=N–C) groups is 1. The second kappa shape index (κ2) is 10.5. The Bertz CT molecular complexity index is 929. The molecule has 4 atom stereocenters. The summed E-state index contributed by atoms with van der Waals surface area (Å²) in [6, 6.07) is 11.0. The van der Waals surface area contributed by atoms with Crippen molar-refractivity contribution in [1.82, 2.24) is 9.80 Å². The maximum Gasteiger partial charge on any atom is 0.257 e. The summed E-state index contributed by atoms with van der Waals surface area (Å²) in [5.41, 5.74) is 6.96. The van der Waals surface area contributed by atoms with Crippen molar-refractivity contribution in [3.63, 3.8) is 0 Å². The molecule has 184 valence electrons. The largest absolute Gasteiger partial charge is 0.369 e. The van der Waals surface area contributed by atoms with E-state index in [1.807, 2.05) is 6.92 Å². The van der Waals surface area contributed by atoms with Gasteiger partial charge in [-0.25, -0.2) is 4.99 Å². The summed E-state index contributed by atoms with van der Waals surface area (Å²) in [5.74, 6) is 2.90. The molecule has 1 fully saturated rings. The second-order valence-corrected chi connectivity index (χ2v) is 11.2. The lowest BCUT2D eigenvalue weighted by Crippen LogP contribution is -2.47. The molecule has 2 N–H and O–H groups in total. The number of amides is 1. The number of nitrogens with zero attached hydrogens (tertiary/aromatic N) is 3. The molecule has 1 amide bonds. The molecule has 0 radical (unpaired) electrons. The van der Waals surface area contributed by atoms with Crippen LogP contribution in [0.5, 0.6) is 0 Å². The van der Waals surface area contributed by atoms with Gasteiger partial charge in [0.1, 0.15) is 5.54 Å². The fourth-order valence-corrected chi connectivity index (χ4v) is 6.13. The first kappa shape index (κ1) is 24.7. The minimum absolute atomic E-state index is 0.0800. The summed E-state index contributed by atoms with van der Waals surface area (Å²) < 4.78 is 0. The fraction of sp³-hybridized carbons (Fsp3) is 0.586. The summed E-state index contributed by atoms with van der Waals surface area (Å²) in [6.45, 7) is 12.4. The van der Waals surface area contributed by atoms with E-state index in [-0.39, 0.29) is 5.91 Å². The van der Waals surface area contributed by atoms with Gasteiger partial charge in [-0.1, -0.05) is 75.4 Å². The molecule has 0 bridgehead atoms. The van der Waals surface area contributed by atoms with Crippen molar-refractivity contribution in [2.45, 2.75) is 58.4 Å². The lowest BCUT2D eigenvalue weighted by molar-refractivity contribution is -0.131. The molecule has 0 spiro atoms. The van der Waals surface area contributed by atoms with Gasteiger partial charge in [-0.15, -0.1) is 0 Å². The molecule has 0 aromatic heterocycles. The lowest BCUT2D eigenvalue weighted by atomic mass is 9.76. The molecular weight excluding hydrogens is 420 g/mol. The van der Waals surface area contributed by atoms with Gasteiger partial charge in [-0.2, -0.15) is 0 Å². The number of likely N-dealkylation sites (tertiary alicyclic amines) is 1. The minimum Gasteiger partial charge on any atom is -0.369 e. The van der Waals surface area contributed by atoms with E-state index in [0.29, 0.717) is 42.1 Å². The zero-order valence-corrected chi connectivity index (χ0v) is 21.4. The summed E-state index contributed by atoms with van der Waals surface area (Å²) in [4.78, 5) is 22.1. The smallest absolute Gasteiger partial charge is 0.257 e. The highest BCUT2D eigenvalue weighted by molar-refractivity contribution is 6.06. The van der Waals surface area contributed by atoms with E-state index in [4.69, 9.17) is 5.73 Å². The van der Waals surface area contributed by atoms with Crippen LogP contribution in [-0.2, 0) is 4.79 Å². The van der Waals surface area contributed by atoms with Crippen LogP contribution in [-0.4, -0.2) is 53.4 Å². The Labute approximate surface area is 205 Å². The topological polar surface area (TPSA) is 61.9 Å². The van der Waals surface area contributed by atoms with Crippen molar-refractivity contribution < 1.29 is 4.79 Å². The first-order valence-corrected chi connectivity index (χ1v) is 13.1. The second-order valence-electron chi connectivity index (χ2n) is 11.2. The average Bonchev–Trinajstić information content (AvgIpc) is 3.01. The first-order valence-electron chi connectivity index (χ1n) is 13.1. The number of carbonyl (C=O) groups is 1. The Kier molecular flexibility index (Phi) is 7.61. The van der Waals surface area contributed by atoms with E-state index >= 15 is 0 Å². The van der Waals surface area contributed by atoms with Crippen molar-refractivity contribution in [2.24, 2.45) is 34.4 Å². The Hall–Kier alpha value is -2.40. The average molecular weight is 463 g/mol. The Morgan fingerprint density at radius 2 is 1.79 bits per heavy atom. The number of hydrogen-bond acceptors (Lipinski definition) is 4. The van der Waals surface area contributed by atoms with Crippen LogP contribution in [0.4, 0.5) is 0 Å². The minimum atomic E-state index is -0.694. The Balaban J connectivity index is 1.36. The van der Waals surface area contributed by atoms with Gasteiger partial charge < -0.3 is 10.6 Å². The normalized spacial score (nSPS) is 29.1. The third-order valence-electron chi connectivity index (χ3n) is 7.91. The molecule has 1 aliphatic carbocycles. The molecule has 5 heteroatoms. The molecule has 3 aliphatic rings. The monoisotopic (exact) mass is 462 g/mol. The van der Waals surface area contributed by atoms with Gasteiger partial charge >= 0.3 is 0 Å². The number of nitrogens with two attached hydrogens (primary N) is 1. The zero-order chi connectivity index (χ0) is 24.3. The van der Waals surface area contributed by atoms with E-state index in [1.54, 1.807) is 4.90 Å².